The van der Waals surface area contributed by atoms with Crippen LogP contribution in [0.2, 0.25) is 0 Å². The second-order valence-corrected chi connectivity index (χ2v) is 5.52. The van der Waals surface area contributed by atoms with E-state index in [0.717, 1.165) is 30.9 Å². The molecule has 4 heteroatoms. The van der Waals surface area contributed by atoms with Crippen molar-refractivity contribution in [2.24, 2.45) is 0 Å². The van der Waals surface area contributed by atoms with Crippen molar-refractivity contribution in [2.75, 3.05) is 26.7 Å². The van der Waals surface area contributed by atoms with Crippen LogP contribution in [-0.2, 0) is 4.79 Å². The van der Waals surface area contributed by atoms with Gasteiger partial charge in [0.15, 0.2) is 0 Å². The van der Waals surface area contributed by atoms with Gasteiger partial charge in [-0.2, -0.15) is 0 Å². The first-order valence-corrected chi connectivity index (χ1v) is 7.26. The number of nitrogens with one attached hydrogen (secondary N) is 1. The Kier molecular flexibility index (Phi) is 5.01. The van der Waals surface area contributed by atoms with Gasteiger partial charge in [-0.25, -0.2) is 0 Å². The van der Waals surface area contributed by atoms with E-state index in [1.807, 2.05) is 23.1 Å². The lowest BCUT2D eigenvalue weighted by Gasteiger charge is -2.34. The molecule has 4 nitrogen and oxygen atoms in total. The fraction of sp³-hybridized carbons (Fsp3) is 0.562. The summed E-state index contributed by atoms with van der Waals surface area (Å²) in [6.07, 6.45) is 0.553. The number of hydrogen-bond acceptors (Lipinski definition) is 3. The van der Waals surface area contributed by atoms with E-state index in [1.54, 1.807) is 7.11 Å². The molecule has 20 heavy (non-hydrogen) atoms. The van der Waals surface area contributed by atoms with Crippen LogP contribution in [0.1, 0.15) is 31.7 Å². The number of benzene rings is 1. The van der Waals surface area contributed by atoms with E-state index in [-0.39, 0.29) is 17.9 Å². The zero-order valence-electron chi connectivity index (χ0n) is 12.6. The van der Waals surface area contributed by atoms with E-state index in [0.29, 0.717) is 6.42 Å². The Morgan fingerprint density at radius 3 is 3.05 bits per heavy atom. The van der Waals surface area contributed by atoms with E-state index < -0.39 is 0 Å². The van der Waals surface area contributed by atoms with Crippen LogP contribution in [0.5, 0.6) is 5.75 Å². The predicted octanol–water partition coefficient (Wildman–Crippen LogP) is 2.01. The molecular weight excluding hydrogens is 252 g/mol. The van der Waals surface area contributed by atoms with Crippen molar-refractivity contribution < 1.29 is 9.53 Å². The Balaban J connectivity index is 1.99. The molecule has 0 aromatic heterocycles. The second kappa shape index (κ2) is 6.75. The number of nitrogens with zero attached hydrogens (tertiary/aromatic N) is 1. The summed E-state index contributed by atoms with van der Waals surface area (Å²) in [5, 5.41) is 3.31. The quantitative estimate of drug-likeness (QED) is 0.914. The van der Waals surface area contributed by atoms with Gasteiger partial charge in [-0.3, -0.25) is 4.79 Å². The first-order valence-electron chi connectivity index (χ1n) is 7.26. The van der Waals surface area contributed by atoms with Gasteiger partial charge in [-0.1, -0.05) is 19.1 Å². The normalized spacial score (nSPS) is 20.6. The van der Waals surface area contributed by atoms with Crippen molar-refractivity contribution in [3.63, 3.8) is 0 Å². The summed E-state index contributed by atoms with van der Waals surface area (Å²) in [6, 6.07) is 8.26. The molecule has 2 rings (SSSR count). The lowest BCUT2D eigenvalue weighted by molar-refractivity contribution is -0.134. The summed E-state index contributed by atoms with van der Waals surface area (Å²) in [4.78, 5) is 14.4. The van der Waals surface area contributed by atoms with Crippen molar-refractivity contribution in [2.45, 2.75) is 32.2 Å². The Morgan fingerprint density at radius 2 is 2.35 bits per heavy atom. The van der Waals surface area contributed by atoms with Gasteiger partial charge in [-0.05, 0) is 30.5 Å². The molecule has 0 radical (unpaired) electrons. The molecule has 1 heterocycles. The van der Waals surface area contributed by atoms with Crippen LogP contribution in [0.15, 0.2) is 24.3 Å². The first-order chi connectivity index (χ1) is 9.61. The van der Waals surface area contributed by atoms with Gasteiger partial charge in [-0.15, -0.1) is 0 Å². The Labute approximate surface area is 121 Å². The number of carbonyl (C=O) groups is 1. The summed E-state index contributed by atoms with van der Waals surface area (Å²) < 4.78 is 5.24. The lowest BCUT2D eigenvalue weighted by Crippen LogP contribution is -2.52. The predicted molar refractivity (Wildman–Crippen MR) is 80.1 cm³/mol. The molecule has 2 atom stereocenters. The Morgan fingerprint density at radius 1 is 1.55 bits per heavy atom. The average Bonchev–Trinajstić information content (AvgIpc) is 2.47. The molecule has 0 spiro atoms. The summed E-state index contributed by atoms with van der Waals surface area (Å²) in [6.45, 7) is 6.79. The van der Waals surface area contributed by atoms with Crippen LogP contribution in [0.3, 0.4) is 0 Å². The van der Waals surface area contributed by atoms with Gasteiger partial charge in [0.2, 0.25) is 5.91 Å². The highest BCUT2D eigenvalue weighted by Gasteiger charge is 2.24. The third kappa shape index (κ3) is 3.51. The molecule has 1 amide bonds. The third-order valence-electron chi connectivity index (χ3n) is 3.97. The molecule has 0 saturated carbocycles. The van der Waals surface area contributed by atoms with Crippen LogP contribution in [0.4, 0.5) is 0 Å². The second-order valence-electron chi connectivity index (χ2n) is 5.52. The van der Waals surface area contributed by atoms with Crippen molar-refractivity contribution in [3.05, 3.63) is 29.8 Å². The average molecular weight is 276 g/mol. The highest BCUT2D eigenvalue weighted by Crippen LogP contribution is 2.24. The number of hydrogen-bond donors (Lipinski definition) is 1. The van der Waals surface area contributed by atoms with Gasteiger partial charge in [0.05, 0.1) is 7.11 Å². The molecular formula is C16H24N2O2. The third-order valence-corrected chi connectivity index (χ3v) is 3.97. The van der Waals surface area contributed by atoms with Crippen LogP contribution >= 0.6 is 0 Å². The fourth-order valence-electron chi connectivity index (χ4n) is 2.66. The van der Waals surface area contributed by atoms with Crippen LogP contribution in [-0.4, -0.2) is 43.6 Å². The summed E-state index contributed by atoms with van der Waals surface area (Å²) >= 11 is 0. The monoisotopic (exact) mass is 276 g/mol. The van der Waals surface area contributed by atoms with Gasteiger partial charge >= 0.3 is 0 Å². The maximum absolute atomic E-state index is 12.4. The molecule has 0 bridgehead atoms. The number of ether oxygens (including phenoxy) is 1. The lowest BCUT2D eigenvalue weighted by atomic mass is 9.96. The summed E-state index contributed by atoms with van der Waals surface area (Å²) in [5.74, 6) is 1.30. The topological polar surface area (TPSA) is 41.6 Å². The largest absolute Gasteiger partial charge is 0.497 e. The highest BCUT2D eigenvalue weighted by molar-refractivity contribution is 5.77. The molecule has 1 aromatic rings. The van der Waals surface area contributed by atoms with E-state index in [4.69, 9.17) is 4.74 Å². The molecule has 1 aromatic carbocycles. The van der Waals surface area contributed by atoms with Crippen molar-refractivity contribution in [3.8, 4) is 5.75 Å². The van der Waals surface area contributed by atoms with E-state index in [9.17, 15) is 4.79 Å². The van der Waals surface area contributed by atoms with Gasteiger partial charge < -0.3 is 15.0 Å². The number of methoxy groups -OCH3 is 1. The van der Waals surface area contributed by atoms with Crippen molar-refractivity contribution in [1.29, 1.82) is 0 Å². The van der Waals surface area contributed by atoms with Crippen LogP contribution in [0.25, 0.3) is 0 Å². The van der Waals surface area contributed by atoms with Crippen LogP contribution in [0, 0.1) is 0 Å². The maximum Gasteiger partial charge on any atom is 0.223 e. The van der Waals surface area contributed by atoms with Crippen molar-refractivity contribution >= 4 is 5.91 Å². The molecule has 1 aliphatic heterocycles. The van der Waals surface area contributed by atoms with Gasteiger partial charge in [0.1, 0.15) is 5.75 Å². The molecule has 110 valence electrons. The van der Waals surface area contributed by atoms with E-state index >= 15 is 0 Å². The first kappa shape index (κ1) is 14.9. The zero-order chi connectivity index (χ0) is 14.5. The maximum atomic E-state index is 12.4. The molecule has 1 fully saturated rings. The van der Waals surface area contributed by atoms with Crippen molar-refractivity contribution in [1.82, 2.24) is 10.2 Å². The minimum Gasteiger partial charge on any atom is -0.497 e. The molecule has 0 unspecified atom stereocenters. The minimum atomic E-state index is 0.208. The van der Waals surface area contributed by atoms with E-state index in [1.165, 1.54) is 0 Å². The standard InChI is InChI=1S/C16H24N2O2/c1-12(14-5-4-6-15(10-14)20-3)9-16(19)18-8-7-17-11-13(18)2/h4-6,10,12-13,17H,7-9,11H2,1-3H3/t12-,13-/m0/s1. The Hall–Kier alpha value is -1.55. The molecule has 1 N–H and O–H groups in total. The number of rotatable bonds is 4. The van der Waals surface area contributed by atoms with Gasteiger partial charge in [0.25, 0.3) is 0 Å². The highest BCUT2D eigenvalue weighted by atomic mass is 16.5. The van der Waals surface area contributed by atoms with E-state index in [2.05, 4.69) is 25.2 Å². The fourth-order valence-corrected chi connectivity index (χ4v) is 2.66. The summed E-state index contributed by atoms with van der Waals surface area (Å²) in [7, 11) is 1.66. The Bertz CT molecular complexity index is 462. The smallest absolute Gasteiger partial charge is 0.223 e. The molecule has 0 aliphatic carbocycles. The number of piperazine rings is 1. The minimum absolute atomic E-state index is 0.208. The van der Waals surface area contributed by atoms with Gasteiger partial charge in [0, 0.05) is 32.1 Å². The SMILES string of the molecule is COc1cccc([C@@H](C)CC(=O)N2CCNC[C@@H]2C)c1. The zero-order valence-corrected chi connectivity index (χ0v) is 12.6. The number of carbonyl (C=O) groups excluding carboxylic acids is 1. The molecule has 1 aliphatic rings. The number of amides is 1. The summed E-state index contributed by atoms with van der Waals surface area (Å²) in [5.41, 5.74) is 1.15. The molecule has 1 saturated heterocycles. The van der Waals surface area contributed by atoms with Crippen LogP contribution < -0.4 is 10.1 Å².